The third-order valence-corrected chi connectivity index (χ3v) is 6.29. The second-order valence-electron chi connectivity index (χ2n) is 6.96. The molecule has 2 aromatic heterocycles. The van der Waals surface area contributed by atoms with E-state index in [1.165, 1.54) is 12.7 Å². The van der Waals surface area contributed by atoms with E-state index in [0.29, 0.717) is 29.3 Å². The molecule has 30 heavy (non-hydrogen) atoms. The number of ether oxygens (including phenoxy) is 1. The van der Waals surface area contributed by atoms with Crippen molar-refractivity contribution < 1.29 is 9.53 Å². The largest absolute Gasteiger partial charge is 0.496 e. The number of benzene rings is 2. The number of rotatable bonds is 6. The van der Waals surface area contributed by atoms with Crippen molar-refractivity contribution in [3.05, 3.63) is 69.2 Å². The second-order valence-corrected chi connectivity index (χ2v) is 8.46. The fourth-order valence-electron chi connectivity index (χ4n) is 3.18. The van der Waals surface area contributed by atoms with Gasteiger partial charge in [0, 0.05) is 28.4 Å². The maximum atomic E-state index is 12.5. The number of nitrogens with one attached hydrogen (secondary N) is 1. The number of carbonyl (C=O) groups excluding carboxylic acids is 1. The number of hydrogen-bond donors (Lipinski definition) is 1. The molecule has 0 radical (unpaired) electrons. The Morgan fingerprint density at radius 3 is 2.67 bits per heavy atom. The Morgan fingerprint density at radius 1 is 1.20 bits per heavy atom. The molecule has 0 bridgehead atoms. The lowest BCUT2D eigenvalue weighted by Crippen LogP contribution is -2.26. The van der Waals surface area contributed by atoms with Gasteiger partial charge < -0.3 is 10.1 Å². The number of hydrogen-bond acceptors (Lipinski definition) is 5. The van der Waals surface area contributed by atoms with Gasteiger partial charge in [0.1, 0.15) is 5.75 Å². The fourth-order valence-corrected chi connectivity index (χ4v) is 4.41. The van der Waals surface area contributed by atoms with Gasteiger partial charge in [-0.15, -0.1) is 5.10 Å². The van der Waals surface area contributed by atoms with Crippen molar-refractivity contribution in [3.63, 3.8) is 0 Å². The molecule has 6 nitrogen and oxygen atoms in total. The van der Waals surface area contributed by atoms with Gasteiger partial charge in [0.15, 0.2) is 5.82 Å². The van der Waals surface area contributed by atoms with E-state index < -0.39 is 0 Å². The maximum absolute atomic E-state index is 12.5. The Bertz CT molecular complexity index is 1210. The molecule has 0 aliphatic heterocycles. The average molecular weight is 441 g/mol. The highest BCUT2D eigenvalue weighted by molar-refractivity contribution is 7.17. The van der Waals surface area contributed by atoms with Crippen LogP contribution in [0.25, 0.3) is 16.3 Å². The van der Waals surface area contributed by atoms with Gasteiger partial charge >= 0.3 is 0 Å². The van der Waals surface area contributed by atoms with E-state index >= 15 is 0 Å². The van der Waals surface area contributed by atoms with Crippen molar-refractivity contribution in [1.82, 2.24) is 19.9 Å². The Labute approximate surface area is 183 Å². The molecule has 0 saturated heterocycles. The summed E-state index contributed by atoms with van der Waals surface area (Å²) in [7, 11) is 1.53. The van der Waals surface area contributed by atoms with Gasteiger partial charge in [-0.25, -0.2) is 4.52 Å². The smallest absolute Gasteiger partial charge is 0.255 e. The van der Waals surface area contributed by atoms with Crippen molar-refractivity contribution in [3.8, 4) is 17.1 Å². The highest BCUT2D eigenvalue weighted by Crippen LogP contribution is 2.26. The van der Waals surface area contributed by atoms with Gasteiger partial charge in [0.25, 0.3) is 5.91 Å². The molecule has 154 valence electrons. The van der Waals surface area contributed by atoms with Gasteiger partial charge in [-0.3, -0.25) is 4.79 Å². The van der Waals surface area contributed by atoms with Crippen LogP contribution in [0.5, 0.6) is 5.75 Å². The number of aryl methyl sites for hydroxylation is 2. The Morgan fingerprint density at radius 2 is 1.97 bits per heavy atom. The van der Waals surface area contributed by atoms with Gasteiger partial charge in [-0.05, 0) is 32.0 Å². The highest BCUT2D eigenvalue weighted by Gasteiger charge is 2.16. The van der Waals surface area contributed by atoms with E-state index in [9.17, 15) is 4.79 Å². The molecule has 0 atom stereocenters. The van der Waals surface area contributed by atoms with Gasteiger partial charge in [0.2, 0.25) is 4.96 Å². The fraction of sp³-hybridized carbons (Fsp3) is 0.227. The minimum Gasteiger partial charge on any atom is -0.496 e. The number of fused-ring (bicyclic) bond motifs is 1. The van der Waals surface area contributed by atoms with Crippen LogP contribution in [0.15, 0.2) is 42.5 Å². The van der Waals surface area contributed by atoms with Crippen molar-refractivity contribution in [2.45, 2.75) is 20.3 Å². The molecule has 2 aromatic carbocycles. The van der Waals surface area contributed by atoms with Gasteiger partial charge in [-0.1, -0.05) is 52.8 Å². The van der Waals surface area contributed by atoms with Crippen LogP contribution >= 0.6 is 22.9 Å². The standard InChI is InChI=1S/C22H21ClN4O2S/c1-13-4-6-15(7-5-13)20-25-22-27(26-20)14(2)19(30-22)10-11-24-21(28)17-12-16(23)8-9-18(17)29-3/h4-9,12H,10-11H2,1-3H3,(H,24,28). The summed E-state index contributed by atoms with van der Waals surface area (Å²) < 4.78 is 7.12. The van der Waals surface area contributed by atoms with E-state index in [2.05, 4.69) is 34.5 Å². The molecule has 0 unspecified atom stereocenters. The van der Waals surface area contributed by atoms with Crippen molar-refractivity contribution >= 4 is 33.8 Å². The molecule has 1 amide bonds. The summed E-state index contributed by atoms with van der Waals surface area (Å²) in [5, 5.41) is 8.08. The average Bonchev–Trinajstić information content (AvgIpc) is 3.28. The Kier molecular flexibility index (Phi) is 5.74. The third-order valence-electron chi connectivity index (χ3n) is 4.87. The van der Waals surface area contributed by atoms with Crippen LogP contribution in [-0.4, -0.2) is 34.2 Å². The molecule has 0 saturated carbocycles. The summed E-state index contributed by atoms with van der Waals surface area (Å²) in [6, 6.07) is 13.2. The molecular weight excluding hydrogens is 420 g/mol. The zero-order valence-corrected chi connectivity index (χ0v) is 18.5. The Hall–Kier alpha value is -2.90. The van der Waals surface area contributed by atoms with Crippen LogP contribution in [0, 0.1) is 13.8 Å². The van der Waals surface area contributed by atoms with Crippen molar-refractivity contribution in [2.75, 3.05) is 13.7 Å². The minimum absolute atomic E-state index is 0.215. The van der Waals surface area contributed by atoms with E-state index in [4.69, 9.17) is 16.3 Å². The summed E-state index contributed by atoms with van der Waals surface area (Å²) >= 11 is 7.61. The molecule has 4 aromatic rings. The number of carbonyl (C=O) groups is 1. The molecule has 0 aliphatic carbocycles. The number of aromatic nitrogens is 3. The maximum Gasteiger partial charge on any atom is 0.255 e. The second kappa shape index (κ2) is 8.45. The molecule has 0 fully saturated rings. The summed E-state index contributed by atoms with van der Waals surface area (Å²) in [6.45, 7) is 4.57. The predicted octanol–water partition coefficient (Wildman–Crippen LogP) is 4.71. The predicted molar refractivity (Wildman–Crippen MR) is 120 cm³/mol. The van der Waals surface area contributed by atoms with Crippen LogP contribution in [-0.2, 0) is 6.42 Å². The SMILES string of the molecule is COc1ccc(Cl)cc1C(=O)NCCc1sc2nc(-c3ccc(C)cc3)nn2c1C. The monoisotopic (exact) mass is 440 g/mol. The molecule has 2 heterocycles. The highest BCUT2D eigenvalue weighted by atomic mass is 35.5. The van der Waals surface area contributed by atoms with Gasteiger partial charge in [-0.2, -0.15) is 4.98 Å². The molecule has 8 heteroatoms. The molecule has 4 rings (SSSR count). The lowest BCUT2D eigenvalue weighted by Gasteiger charge is -2.09. The number of methoxy groups -OCH3 is 1. The van der Waals surface area contributed by atoms with E-state index in [1.807, 2.05) is 23.6 Å². The van der Waals surface area contributed by atoms with Crippen molar-refractivity contribution in [2.24, 2.45) is 0 Å². The molecule has 0 aliphatic rings. The van der Waals surface area contributed by atoms with Crippen LogP contribution in [0.1, 0.15) is 26.5 Å². The van der Waals surface area contributed by atoms with Crippen molar-refractivity contribution in [1.29, 1.82) is 0 Å². The minimum atomic E-state index is -0.215. The van der Waals surface area contributed by atoms with Crippen LogP contribution in [0.2, 0.25) is 5.02 Å². The summed E-state index contributed by atoms with van der Waals surface area (Å²) in [5.41, 5.74) is 3.67. The van der Waals surface area contributed by atoms with E-state index in [0.717, 1.165) is 26.9 Å². The number of nitrogens with zero attached hydrogens (tertiary/aromatic N) is 3. The normalized spacial score (nSPS) is 11.1. The van der Waals surface area contributed by atoms with E-state index in [-0.39, 0.29) is 5.91 Å². The zero-order valence-electron chi connectivity index (χ0n) is 16.9. The van der Waals surface area contributed by atoms with Crippen LogP contribution < -0.4 is 10.1 Å². The zero-order chi connectivity index (χ0) is 21.3. The number of halogens is 1. The van der Waals surface area contributed by atoms with Crippen LogP contribution in [0.3, 0.4) is 0 Å². The molecular formula is C22H21ClN4O2S. The first-order chi connectivity index (χ1) is 14.5. The number of thiazole rings is 1. The Balaban J connectivity index is 1.45. The summed E-state index contributed by atoms with van der Waals surface area (Å²) in [4.78, 5) is 19.2. The molecule has 1 N–H and O–H groups in total. The summed E-state index contributed by atoms with van der Waals surface area (Å²) in [6.07, 6.45) is 0.691. The topological polar surface area (TPSA) is 68.5 Å². The molecule has 0 spiro atoms. The van der Waals surface area contributed by atoms with Gasteiger partial charge in [0.05, 0.1) is 18.4 Å². The summed E-state index contributed by atoms with van der Waals surface area (Å²) in [5.74, 6) is 1.00. The quantitative estimate of drug-likeness (QED) is 0.471. The first kappa shape index (κ1) is 20.4. The number of amides is 1. The first-order valence-corrected chi connectivity index (χ1v) is 10.7. The first-order valence-electron chi connectivity index (χ1n) is 9.50. The lowest BCUT2D eigenvalue weighted by molar-refractivity contribution is 0.0951. The third kappa shape index (κ3) is 4.04. The lowest BCUT2D eigenvalue weighted by atomic mass is 10.1. The van der Waals surface area contributed by atoms with Crippen LogP contribution in [0.4, 0.5) is 0 Å². The van der Waals surface area contributed by atoms with E-state index in [1.54, 1.807) is 29.5 Å².